The van der Waals surface area contributed by atoms with Gasteiger partial charge in [0.05, 0.1) is 6.54 Å². The van der Waals surface area contributed by atoms with Crippen molar-refractivity contribution in [1.29, 1.82) is 0 Å². The zero-order chi connectivity index (χ0) is 14.3. The molecular weight excluding hydrogens is 236 g/mol. The molecule has 0 bridgehead atoms. The quantitative estimate of drug-likeness (QED) is 0.852. The molecule has 114 valence electrons. The normalized spacial score (nSPS) is 22.2. The molecule has 0 aromatic heterocycles. The molecule has 2 rings (SSSR count). The Labute approximate surface area is 120 Å². The lowest BCUT2D eigenvalue weighted by Crippen LogP contribution is -2.45. The van der Waals surface area contributed by atoms with Crippen LogP contribution in [0.15, 0.2) is 0 Å². The van der Waals surface area contributed by atoms with Crippen molar-refractivity contribution in [3.05, 3.63) is 0 Å². The summed E-state index contributed by atoms with van der Waals surface area (Å²) in [6, 6.07) is 0.258. The van der Waals surface area contributed by atoms with Crippen molar-refractivity contribution in [2.24, 2.45) is 5.41 Å². The highest BCUT2D eigenvalue weighted by Crippen LogP contribution is 2.45. The van der Waals surface area contributed by atoms with Crippen molar-refractivity contribution in [2.45, 2.75) is 72.3 Å². The SMILES string of the molecule is CC.CC(C)NC(=O)CN1CCC2(CCCC2)CC1.[HH]. The summed E-state index contributed by atoms with van der Waals surface area (Å²) in [5.41, 5.74) is 0.658. The third-order valence-electron chi connectivity index (χ3n) is 4.40. The second kappa shape index (κ2) is 7.88. The standard InChI is InChI=1S/C14H26N2O.C2H6.H2/c1-12(2)15-13(17)11-16-9-7-14(8-10-16)5-3-4-6-14;1-2;/h12H,3-11H2,1-2H3,(H,15,17);1-2H3;1H. The molecular formula is C16H34N2O. The Balaban J connectivity index is 0.00000115. The van der Waals surface area contributed by atoms with E-state index in [9.17, 15) is 4.79 Å². The van der Waals surface area contributed by atoms with Gasteiger partial charge in [0.2, 0.25) is 5.91 Å². The Morgan fingerprint density at radius 1 is 1.16 bits per heavy atom. The summed E-state index contributed by atoms with van der Waals surface area (Å²) in [4.78, 5) is 14.0. The van der Waals surface area contributed by atoms with Crippen LogP contribution in [-0.4, -0.2) is 36.5 Å². The van der Waals surface area contributed by atoms with Gasteiger partial charge in [-0.05, 0) is 58.0 Å². The number of likely N-dealkylation sites (tertiary alicyclic amines) is 1. The Kier molecular flexibility index (Phi) is 6.84. The molecule has 2 aliphatic rings. The molecule has 1 heterocycles. The van der Waals surface area contributed by atoms with E-state index in [1.54, 1.807) is 0 Å². The van der Waals surface area contributed by atoms with Crippen LogP contribution in [0, 0.1) is 5.41 Å². The summed E-state index contributed by atoms with van der Waals surface area (Å²) in [6.45, 7) is 10.9. The maximum absolute atomic E-state index is 11.7. The minimum Gasteiger partial charge on any atom is -0.353 e. The smallest absolute Gasteiger partial charge is 0.234 e. The summed E-state index contributed by atoms with van der Waals surface area (Å²) in [5, 5.41) is 2.97. The van der Waals surface area contributed by atoms with Crippen molar-refractivity contribution < 1.29 is 6.22 Å². The molecule has 1 N–H and O–H groups in total. The fraction of sp³-hybridized carbons (Fsp3) is 0.938. The van der Waals surface area contributed by atoms with Crippen LogP contribution in [0.3, 0.4) is 0 Å². The molecule has 1 amide bonds. The van der Waals surface area contributed by atoms with Gasteiger partial charge in [0.1, 0.15) is 0 Å². The van der Waals surface area contributed by atoms with Gasteiger partial charge in [0, 0.05) is 7.47 Å². The van der Waals surface area contributed by atoms with Crippen molar-refractivity contribution in [3.8, 4) is 0 Å². The van der Waals surface area contributed by atoms with E-state index in [2.05, 4.69) is 10.2 Å². The predicted octanol–water partition coefficient (Wildman–Crippen LogP) is 3.44. The number of carbonyl (C=O) groups excluding carboxylic acids is 1. The Hall–Kier alpha value is -0.570. The summed E-state index contributed by atoms with van der Waals surface area (Å²) in [5.74, 6) is 0.183. The lowest BCUT2D eigenvalue weighted by molar-refractivity contribution is -0.123. The third kappa shape index (κ3) is 5.13. The number of carbonyl (C=O) groups is 1. The van der Waals surface area contributed by atoms with Crippen molar-refractivity contribution >= 4 is 5.91 Å². The molecule has 0 radical (unpaired) electrons. The van der Waals surface area contributed by atoms with Crippen LogP contribution in [0.1, 0.15) is 67.6 Å². The van der Waals surface area contributed by atoms with Crippen LogP contribution in [0.4, 0.5) is 0 Å². The number of nitrogens with zero attached hydrogens (tertiary/aromatic N) is 1. The lowest BCUT2D eigenvalue weighted by atomic mass is 9.77. The van der Waals surface area contributed by atoms with E-state index >= 15 is 0 Å². The van der Waals surface area contributed by atoms with E-state index in [-0.39, 0.29) is 13.4 Å². The van der Waals surface area contributed by atoms with Crippen molar-refractivity contribution in [1.82, 2.24) is 10.2 Å². The van der Waals surface area contributed by atoms with Crippen LogP contribution in [-0.2, 0) is 4.79 Å². The number of amides is 1. The summed E-state index contributed by atoms with van der Waals surface area (Å²) in [7, 11) is 0. The molecule has 19 heavy (non-hydrogen) atoms. The predicted molar refractivity (Wildman–Crippen MR) is 83.3 cm³/mol. The highest BCUT2D eigenvalue weighted by molar-refractivity contribution is 5.78. The van der Waals surface area contributed by atoms with E-state index in [1.165, 1.54) is 38.5 Å². The van der Waals surface area contributed by atoms with E-state index < -0.39 is 0 Å². The van der Waals surface area contributed by atoms with Gasteiger partial charge in [-0.15, -0.1) is 0 Å². The van der Waals surface area contributed by atoms with Gasteiger partial charge in [-0.3, -0.25) is 9.69 Å². The molecule has 2 fully saturated rings. The number of rotatable bonds is 3. The van der Waals surface area contributed by atoms with Gasteiger partial charge in [-0.25, -0.2) is 0 Å². The van der Waals surface area contributed by atoms with Crippen LogP contribution in [0.5, 0.6) is 0 Å². The highest BCUT2D eigenvalue weighted by atomic mass is 16.2. The summed E-state index contributed by atoms with van der Waals surface area (Å²) < 4.78 is 0. The molecule has 1 aliphatic heterocycles. The molecule has 0 aromatic carbocycles. The minimum atomic E-state index is 0. The Bertz CT molecular complexity index is 266. The number of piperidine rings is 1. The van der Waals surface area contributed by atoms with Gasteiger partial charge < -0.3 is 5.32 Å². The van der Waals surface area contributed by atoms with Gasteiger partial charge in [0.25, 0.3) is 0 Å². The van der Waals surface area contributed by atoms with Crippen LogP contribution in [0.25, 0.3) is 0 Å². The van der Waals surface area contributed by atoms with Gasteiger partial charge in [-0.1, -0.05) is 26.7 Å². The second-order valence-corrected chi connectivity index (χ2v) is 6.21. The van der Waals surface area contributed by atoms with Crippen LogP contribution in [0.2, 0.25) is 0 Å². The Morgan fingerprint density at radius 2 is 1.68 bits per heavy atom. The second-order valence-electron chi connectivity index (χ2n) is 6.21. The first kappa shape index (κ1) is 16.5. The monoisotopic (exact) mass is 270 g/mol. The largest absolute Gasteiger partial charge is 0.353 e. The first-order chi connectivity index (χ1) is 9.10. The van der Waals surface area contributed by atoms with Crippen molar-refractivity contribution in [2.75, 3.05) is 19.6 Å². The highest BCUT2D eigenvalue weighted by Gasteiger charge is 2.36. The summed E-state index contributed by atoms with van der Waals surface area (Å²) >= 11 is 0. The zero-order valence-electron chi connectivity index (χ0n) is 13.3. The van der Waals surface area contributed by atoms with E-state index in [1.807, 2.05) is 27.7 Å². The molecule has 1 saturated heterocycles. The van der Waals surface area contributed by atoms with Gasteiger partial charge in [-0.2, -0.15) is 0 Å². The molecule has 0 unspecified atom stereocenters. The molecule has 3 heteroatoms. The lowest BCUT2D eigenvalue weighted by Gasteiger charge is -2.39. The topological polar surface area (TPSA) is 32.3 Å². The molecule has 1 aliphatic carbocycles. The first-order valence-electron chi connectivity index (χ1n) is 8.11. The van der Waals surface area contributed by atoms with E-state index in [4.69, 9.17) is 0 Å². The van der Waals surface area contributed by atoms with Crippen LogP contribution >= 0.6 is 0 Å². The van der Waals surface area contributed by atoms with Gasteiger partial charge >= 0.3 is 0 Å². The molecule has 1 saturated carbocycles. The number of hydrogen-bond donors (Lipinski definition) is 1. The van der Waals surface area contributed by atoms with Gasteiger partial charge in [0.15, 0.2) is 0 Å². The zero-order valence-corrected chi connectivity index (χ0v) is 13.3. The Morgan fingerprint density at radius 3 is 2.16 bits per heavy atom. The number of hydrogen-bond acceptors (Lipinski definition) is 2. The minimum absolute atomic E-state index is 0. The summed E-state index contributed by atoms with van der Waals surface area (Å²) in [6.07, 6.45) is 8.32. The van der Waals surface area contributed by atoms with Crippen LogP contribution < -0.4 is 5.32 Å². The van der Waals surface area contributed by atoms with E-state index in [0.717, 1.165) is 13.1 Å². The average Bonchev–Trinajstić information content (AvgIpc) is 2.83. The maximum atomic E-state index is 11.7. The first-order valence-corrected chi connectivity index (χ1v) is 8.11. The fourth-order valence-corrected chi connectivity index (χ4v) is 3.38. The van der Waals surface area contributed by atoms with E-state index in [0.29, 0.717) is 12.0 Å². The molecule has 1 spiro atoms. The maximum Gasteiger partial charge on any atom is 0.234 e. The average molecular weight is 270 g/mol. The number of nitrogens with one attached hydrogen (secondary N) is 1. The third-order valence-corrected chi connectivity index (χ3v) is 4.40. The molecule has 0 aromatic rings. The molecule has 3 nitrogen and oxygen atoms in total. The van der Waals surface area contributed by atoms with Crippen molar-refractivity contribution in [3.63, 3.8) is 0 Å². The fourth-order valence-electron chi connectivity index (χ4n) is 3.38. The molecule has 0 atom stereocenters.